The van der Waals surface area contributed by atoms with Crippen molar-refractivity contribution in [1.82, 2.24) is 5.32 Å². The van der Waals surface area contributed by atoms with Crippen molar-refractivity contribution >= 4 is 23.7 Å². The molecule has 2 aliphatic rings. The summed E-state index contributed by atoms with van der Waals surface area (Å²) in [6.45, 7) is 7.03. The number of carboxylic acid groups (broad SMARTS) is 1. The van der Waals surface area contributed by atoms with Crippen molar-refractivity contribution in [1.29, 1.82) is 0 Å². The minimum absolute atomic E-state index is 0.0989. The molecule has 2 fully saturated rings. The number of carboxylic acids is 1. The molecular weight excluding hydrogens is 392 g/mol. The van der Waals surface area contributed by atoms with E-state index in [1.807, 2.05) is 51.1 Å². The van der Waals surface area contributed by atoms with Crippen LogP contribution in [0, 0.1) is 5.41 Å². The van der Waals surface area contributed by atoms with Gasteiger partial charge in [-0.05, 0) is 18.3 Å². The minimum Gasteiger partial charge on any atom is -0.481 e. The standard InChI is InChI=1S/C21H30N2O5S/c1-19(2,3)21(13-15(24)25)23-16(20(29-21)9-11-27-12-10-20)18(26)28-17(22)14-7-5-4-6-8-14/h4-8,16-17,23H,9-13,22H2,1-3H3,(H,24,25). The second-order valence-electron chi connectivity index (χ2n) is 8.77. The van der Waals surface area contributed by atoms with E-state index in [1.54, 1.807) is 11.8 Å². The molecular formula is C21H30N2O5S. The van der Waals surface area contributed by atoms with Gasteiger partial charge in [-0.1, -0.05) is 51.1 Å². The fourth-order valence-corrected chi connectivity index (χ4v) is 6.04. The van der Waals surface area contributed by atoms with Crippen LogP contribution in [0.2, 0.25) is 0 Å². The van der Waals surface area contributed by atoms with E-state index in [9.17, 15) is 14.7 Å². The van der Waals surface area contributed by atoms with E-state index in [0.717, 1.165) is 0 Å². The summed E-state index contributed by atoms with van der Waals surface area (Å²) in [5, 5.41) is 13.0. The highest BCUT2D eigenvalue weighted by atomic mass is 32.2. The SMILES string of the molecule is CC(C)(C)C1(CC(=O)O)NC(C(=O)OC(N)c2ccccc2)C2(CCOCC2)S1. The Balaban J connectivity index is 1.90. The van der Waals surface area contributed by atoms with Gasteiger partial charge in [-0.3, -0.25) is 20.6 Å². The van der Waals surface area contributed by atoms with Gasteiger partial charge in [0, 0.05) is 23.5 Å². The predicted octanol–water partition coefficient (Wildman–Crippen LogP) is 2.66. The molecule has 160 valence electrons. The third-order valence-corrected chi connectivity index (χ3v) is 8.11. The zero-order valence-corrected chi connectivity index (χ0v) is 18.0. The van der Waals surface area contributed by atoms with Crippen LogP contribution >= 0.6 is 11.8 Å². The van der Waals surface area contributed by atoms with E-state index in [2.05, 4.69) is 5.32 Å². The van der Waals surface area contributed by atoms with Crippen molar-refractivity contribution in [2.24, 2.45) is 11.1 Å². The van der Waals surface area contributed by atoms with Crippen LogP contribution in [0.3, 0.4) is 0 Å². The number of thioether (sulfide) groups is 1. The Morgan fingerprint density at radius 3 is 2.48 bits per heavy atom. The van der Waals surface area contributed by atoms with Crippen molar-refractivity contribution in [2.75, 3.05) is 13.2 Å². The maximum atomic E-state index is 13.2. The zero-order chi connectivity index (χ0) is 21.3. The summed E-state index contributed by atoms with van der Waals surface area (Å²) < 4.78 is 10.7. The smallest absolute Gasteiger partial charge is 0.326 e. The van der Waals surface area contributed by atoms with Crippen molar-refractivity contribution in [2.45, 2.75) is 61.9 Å². The van der Waals surface area contributed by atoms with Crippen molar-refractivity contribution in [3.63, 3.8) is 0 Å². The van der Waals surface area contributed by atoms with Crippen LogP contribution in [0.5, 0.6) is 0 Å². The first kappa shape index (κ1) is 22.1. The Bertz CT molecular complexity index is 745. The minimum atomic E-state index is -0.905. The molecule has 0 aromatic heterocycles. The van der Waals surface area contributed by atoms with Crippen LogP contribution < -0.4 is 11.1 Å². The van der Waals surface area contributed by atoms with Crippen molar-refractivity contribution < 1.29 is 24.2 Å². The number of carbonyl (C=O) groups is 2. The van der Waals surface area contributed by atoms with Crippen LogP contribution in [0.25, 0.3) is 0 Å². The molecule has 0 aliphatic carbocycles. The first-order chi connectivity index (χ1) is 13.6. The van der Waals surface area contributed by atoms with Crippen LogP contribution in [-0.2, 0) is 19.1 Å². The first-order valence-electron chi connectivity index (χ1n) is 9.87. The number of esters is 1. The Labute approximate surface area is 175 Å². The first-order valence-corrected chi connectivity index (χ1v) is 10.7. The number of hydrogen-bond acceptors (Lipinski definition) is 7. The summed E-state index contributed by atoms with van der Waals surface area (Å²) in [4.78, 5) is 24.1. The maximum absolute atomic E-state index is 13.2. The summed E-state index contributed by atoms with van der Waals surface area (Å²) in [6.07, 6.45) is 0.305. The molecule has 8 heteroatoms. The molecule has 7 nitrogen and oxygen atoms in total. The third-order valence-electron chi connectivity index (χ3n) is 5.84. The molecule has 2 aliphatic heterocycles. The lowest BCUT2D eigenvalue weighted by Crippen LogP contribution is -2.56. The van der Waals surface area contributed by atoms with E-state index in [-0.39, 0.29) is 6.42 Å². The topological polar surface area (TPSA) is 111 Å². The number of nitrogens with two attached hydrogens (primary N) is 1. The largest absolute Gasteiger partial charge is 0.481 e. The quantitative estimate of drug-likeness (QED) is 0.491. The van der Waals surface area contributed by atoms with E-state index in [4.69, 9.17) is 15.2 Å². The number of rotatable bonds is 5. The Hall–Kier alpha value is -1.61. The zero-order valence-electron chi connectivity index (χ0n) is 17.1. The molecule has 1 aromatic rings. The van der Waals surface area contributed by atoms with Gasteiger partial charge in [-0.2, -0.15) is 0 Å². The van der Waals surface area contributed by atoms with E-state index < -0.39 is 39.2 Å². The van der Waals surface area contributed by atoms with Gasteiger partial charge in [0.15, 0.2) is 6.23 Å². The third kappa shape index (κ3) is 4.45. The highest BCUT2D eigenvalue weighted by Gasteiger charge is 2.62. The van der Waals surface area contributed by atoms with Crippen molar-refractivity contribution in [3.8, 4) is 0 Å². The molecule has 1 aromatic carbocycles. The molecule has 29 heavy (non-hydrogen) atoms. The lowest BCUT2D eigenvalue weighted by Gasteiger charge is -2.42. The summed E-state index contributed by atoms with van der Waals surface area (Å²) in [6, 6.07) is 8.50. The van der Waals surface area contributed by atoms with Crippen LogP contribution in [0.4, 0.5) is 0 Å². The summed E-state index contributed by atoms with van der Waals surface area (Å²) >= 11 is 1.56. The number of benzene rings is 1. The molecule has 0 saturated carbocycles. The summed E-state index contributed by atoms with van der Waals surface area (Å²) in [5.41, 5.74) is 6.42. The van der Waals surface area contributed by atoms with E-state index >= 15 is 0 Å². The van der Waals surface area contributed by atoms with Crippen LogP contribution in [0.1, 0.15) is 51.8 Å². The van der Waals surface area contributed by atoms with Crippen LogP contribution in [-0.4, -0.2) is 45.9 Å². The van der Waals surface area contributed by atoms with Gasteiger partial charge in [0.05, 0.1) is 11.3 Å². The monoisotopic (exact) mass is 422 g/mol. The highest BCUT2D eigenvalue weighted by Crippen LogP contribution is 2.58. The average Bonchev–Trinajstić information content (AvgIpc) is 2.97. The van der Waals surface area contributed by atoms with Gasteiger partial charge in [0.2, 0.25) is 0 Å². The van der Waals surface area contributed by atoms with Crippen LogP contribution in [0.15, 0.2) is 30.3 Å². The fraction of sp³-hybridized carbons (Fsp3) is 0.619. The molecule has 1 spiro atoms. The van der Waals surface area contributed by atoms with Gasteiger partial charge in [0.1, 0.15) is 6.04 Å². The number of aliphatic carboxylic acids is 1. The van der Waals surface area contributed by atoms with E-state index in [1.165, 1.54) is 0 Å². The molecule has 2 heterocycles. The second-order valence-corrected chi connectivity index (χ2v) is 10.5. The number of ether oxygens (including phenoxy) is 2. The normalized spacial score (nSPS) is 27.5. The lowest BCUT2D eigenvalue weighted by molar-refractivity contribution is -0.154. The molecule has 3 unspecified atom stereocenters. The molecule has 4 N–H and O–H groups in total. The molecule has 0 radical (unpaired) electrons. The second kappa shape index (κ2) is 8.26. The number of carbonyl (C=O) groups excluding carboxylic acids is 1. The Kier molecular flexibility index (Phi) is 6.29. The molecule has 2 saturated heterocycles. The highest BCUT2D eigenvalue weighted by molar-refractivity contribution is 8.02. The number of nitrogens with one attached hydrogen (secondary N) is 1. The summed E-state index contributed by atoms with van der Waals surface area (Å²) in [7, 11) is 0. The average molecular weight is 423 g/mol. The number of hydrogen-bond donors (Lipinski definition) is 3. The molecule has 0 amide bonds. The summed E-state index contributed by atoms with van der Waals surface area (Å²) in [5.74, 6) is -1.36. The van der Waals surface area contributed by atoms with Gasteiger partial charge in [-0.15, -0.1) is 11.8 Å². The molecule has 0 bridgehead atoms. The maximum Gasteiger partial charge on any atom is 0.326 e. The van der Waals surface area contributed by atoms with E-state index in [0.29, 0.717) is 31.6 Å². The van der Waals surface area contributed by atoms with Gasteiger partial charge in [0.25, 0.3) is 0 Å². The van der Waals surface area contributed by atoms with Gasteiger partial charge < -0.3 is 14.6 Å². The van der Waals surface area contributed by atoms with Gasteiger partial charge in [-0.25, -0.2) is 0 Å². The lowest BCUT2D eigenvalue weighted by atomic mass is 9.82. The fourth-order valence-electron chi connectivity index (χ4n) is 4.02. The molecule has 3 atom stereocenters. The van der Waals surface area contributed by atoms with Crippen molar-refractivity contribution in [3.05, 3.63) is 35.9 Å². The van der Waals surface area contributed by atoms with Gasteiger partial charge >= 0.3 is 11.9 Å². The molecule has 3 rings (SSSR count). The Morgan fingerprint density at radius 1 is 1.31 bits per heavy atom. The predicted molar refractivity (Wildman–Crippen MR) is 111 cm³/mol. The Morgan fingerprint density at radius 2 is 1.93 bits per heavy atom.